The molecule has 3 aromatic rings. The first kappa shape index (κ1) is 15.3. The van der Waals surface area contributed by atoms with Crippen LogP contribution in [0.2, 0.25) is 4.34 Å². The Morgan fingerprint density at radius 2 is 1.86 bits per heavy atom. The van der Waals surface area contributed by atoms with E-state index in [1.165, 1.54) is 14.6 Å². The van der Waals surface area contributed by atoms with Crippen molar-refractivity contribution in [3.63, 3.8) is 0 Å². The number of hydrogen-bond acceptors (Lipinski definition) is 4. The van der Waals surface area contributed by atoms with Crippen molar-refractivity contribution in [1.82, 2.24) is 5.32 Å². The van der Waals surface area contributed by atoms with Gasteiger partial charge in [0.1, 0.15) is 0 Å². The summed E-state index contributed by atoms with van der Waals surface area (Å²) in [5, 5.41) is 8.00. The van der Waals surface area contributed by atoms with Crippen LogP contribution in [0.5, 0.6) is 0 Å². The summed E-state index contributed by atoms with van der Waals surface area (Å²) >= 11 is 11.3. The normalized spacial score (nSPS) is 12.6. The Morgan fingerprint density at radius 1 is 1.00 bits per heavy atom. The van der Waals surface area contributed by atoms with E-state index < -0.39 is 0 Å². The largest absolute Gasteiger partial charge is 0.309 e. The van der Waals surface area contributed by atoms with Crippen LogP contribution in [0.15, 0.2) is 47.2 Å². The van der Waals surface area contributed by atoms with Gasteiger partial charge in [0.05, 0.1) is 4.34 Å². The Morgan fingerprint density at radius 3 is 2.52 bits per heavy atom. The molecule has 5 heteroatoms. The third-order valence-electron chi connectivity index (χ3n) is 3.26. The van der Waals surface area contributed by atoms with E-state index in [2.05, 4.69) is 46.4 Å². The Hall–Kier alpha value is -0.650. The highest BCUT2D eigenvalue weighted by molar-refractivity contribution is 7.16. The van der Waals surface area contributed by atoms with E-state index in [9.17, 15) is 0 Å². The summed E-state index contributed by atoms with van der Waals surface area (Å²) in [6.45, 7) is 0.977. The molecule has 1 N–H and O–H groups in total. The van der Waals surface area contributed by atoms with Crippen LogP contribution in [0.3, 0.4) is 0 Å². The molecule has 0 aliphatic heterocycles. The van der Waals surface area contributed by atoms with Crippen LogP contribution in [0.4, 0.5) is 0 Å². The van der Waals surface area contributed by atoms with Gasteiger partial charge in [-0.2, -0.15) is 0 Å². The molecule has 0 aliphatic carbocycles. The number of halogens is 1. The van der Waals surface area contributed by atoms with Crippen LogP contribution >= 0.6 is 45.6 Å². The van der Waals surface area contributed by atoms with Crippen LogP contribution in [0, 0.1) is 0 Å². The summed E-state index contributed by atoms with van der Waals surface area (Å²) in [7, 11) is 0. The molecule has 0 radical (unpaired) electrons. The SMILES string of the molecule is Clc1ccc(CCNC(Cc2cccs2)c2cccs2)s1. The molecule has 0 aliphatic rings. The molecular weight excluding hydrogens is 338 g/mol. The van der Waals surface area contributed by atoms with E-state index in [1.54, 1.807) is 11.3 Å². The van der Waals surface area contributed by atoms with Crippen LogP contribution in [-0.4, -0.2) is 6.54 Å². The Balaban J connectivity index is 1.59. The van der Waals surface area contributed by atoms with Crippen molar-refractivity contribution in [3.05, 3.63) is 66.1 Å². The summed E-state index contributed by atoms with van der Waals surface area (Å²) in [6.07, 6.45) is 2.09. The molecule has 3 aromatic heterocycles. The van der Waals surface area contributed by atoms with Gasteiger partial charge in [0.2, 0.25) is 0 Å². The molecule has 0 bridgehead atoms. The lowest BCUT2D eigenvalue weighted by Gasteiger charge is -2.16. The second-order valence-corrected chi connectivity index (χ2v) is 8.57. The molecule has 0 aromatic carbocycles. The minimum atomic E-state index is 0.402. The fourth-order valence-electron chi connectivity index (χ4n) is 2.25. The number of thiophene rings is 3. The first-order chi connectivity index (χ1) is 10.3. The van der Waals surface area contributed by atoms with Crippen molar-refractivity contribution in [2.75, 3.05) is 6.54 Å². The maximum Gasteiger partial charge on any atom is 0.0931 e. The number of rotatable bonds is 7. The first-order valence-corrected chi connectivity index (χ1v) is 9.80. The quantitative estimate of drug-likeness (QED) is 0.579. The monoisotopic (exact) mass is 353 g/mol. The summed E-state index contributed by atoms with van der Waals surface area (Å²) in [5.41, 5.74) is 0. The average Bonchev–Trinajstić information content (AvgIpc) is 3.19. The molecule has 21 heavy (non-hydrogen) atoms. The van der Waals surface area contributed by atoms with Gasteiger partial charge in [-0.15, -0.1) is 34.0 Å². The predicted molar refractivity (Wildman–Crippen MR) is 96.1 cm³/mol. The van der Waals surface area contributed by atoms with Gasteiger partial charge in [-0.05, 0) is 41.4 Å². The molecule has 3 heterocycles. The van der Waals surface area contributed by atoms with Gasteiger partial charge in [0.15, 0.2) is 0 Å². The third-order valence-corrected chi connectivity index (χ3v) is 6.44. The van der Waals surface area contributed by atoms with Crippen molar-refractivity contribution in [3.8, 4) is 0 Å². The fraction of sp³-hybridized carbons (Fsp3) is 0.250. The Labute approximate surface area is 142 Å². The molecule has 0 fully saturated rings. The molecule has 0 saturated carbocycles. The molecule has 0 spiro atoms. The highest BCUT2D eigenvalue weighted by Crippen LogP contribution is 2.25. The molecule has 0 amide bonds. The number of hydrogen-bond donors (Lipinski definition) is 1. The predicted octanol–water partition coefficient (Wildman–Crippen LogP) is 5.64. The summed E-state index contributed by atoms with van der Waals surface area (Å²) in [5.74, 6) is 0. The molecular formula is C16H16ClNS3. The summed E-state index contributed by atoms with van der Waals surface area (Å²) < 4.78 is 0.874. The molecule has 1 nitrogen and oxygen atoms in total. The maximum absolute atomic E-state index is 5.98. The summed E-state index contributed by atoms with van der Waals surface area (Å²) in [6, 6.07) is 13.2. The van der Waals surface area contributed by atoms with Crippen LogP contribution in [0.1, 0.15) is 20.7 Å². The van der Waals surface area contributed by atoms with Gasteiger partial charge in [0.25, 0.3) is 0 Å². The molecule has 3 rings (SSSR count). The molecule has 110 valence electrons. The topological polar surface area (TPSA) is 12.0 Å². The highest BCUT2D eigenvalue weighted by Gasteiger charge is 2.13. The Kier molecular flexibility index (Phi) is 5.49. The van der Waals surface area contributed by atoms with Gasteiger partial charge in [0, 0.05) is 33.6 Å². The maximum atomic E-state index is 5.98. The second-order valence-electron chi connectivity index (χ2n) is 4.76. The van der Waals surface area contributed by atoms with Crippen molar-refractivity contribution in [1.29, 1.82) is 0 Å². The zero-order chi connectivity index (χ0) is 14.5. The minimum absolute atomic E-state index is 0.402. The van der Waals surface area contributed by atoms with E-state index >= 15 is 0 Å². The van der Waals surface area contributed by atoms with E-state index in [1.807, 2.05) is 28.7 Å². The van der Waals surface area contributed by atoms with Gasteiger partial charge >= 0.3 is 0 Å². The van der Waals surface area contributed by atoms with Gasteiger partial charge in [-0.3, -0.25) is 0 Å². The van der Waals surface area contributed by atoms with Crippen molar-refractivity contribution in [2.24, 2.45) is 0 Å². The van der Waals surface area contributed by atoms with E-state index in [-0.39, 0.29) is 0 Å². The van der Waals surface area contributed by atoms with E-state index in [0.717, 1.165) is 23.7 Å². The first-order valence-electron chi connectivity index (χ1n) is 6.84. The fourth-order valence-corrected chi connectivity index (χ4v) is 4.89. The highest BCUT2D eigenvalue weighted by atomic mass is 35.5. The standard InChI is InChI=1S/C16H16ClNS3/c17-16-6-5-12(21-16)7-8-18-14(15-4-2-10-20-15)11-13-3-1-9-19-13/h1-6,9-10,14,18H,7-8,11H2. The lowest BCUT2D eigenvalue weighted by Crippen LogP contribution is -2.24. The second kappa shape index (κ2) is 7.56. The van der Waals surface area contributed by atoms with Crippen molar-refractivity contribution >= 4 is 45.6 Å². The van der Waals surface area contributed by atoms with Gasteiger partial charge in [-0.25, -0.2) is 0 Å². The van der Waals surface area contributed by atoms with Crippen LogP contribution in [0.25, 0.3) is 0 Å². The zero-order valence-corrected chi connectivity index (χ0v) is 14.6. The molecule has 1 unspecified atom stereocenters. The minimum Gasteiger partial charge on any atom is -0.309 e. The van der Waals surface area contributed by atoms with Crippen molar-refractivity contribution in [2.45, 2.75) is 18.9 Å². The third kappa shape index (κ3) is 4.41. The van der Waals surface area contributed by atoms with Gasteiger partial charge < -0.3 is 5.32 Å². The molecule has 0 saturated heterocycles. The summed E-state index contributed by atoms with van der Waals surface area (Å²) in [4.78, 5) is 4.18. The molecule has 1 atom stereocenters. The lowest BCUT2D eigenvalue weighted by molar-refractivity contribution is 0.546. The number of nitrogens with one attached hydrogen (secondary N) is 1. The van der Waals surface area contributed by atoms with E-state index in [0.29, 0.717) is 6.04 Å². The van der Waals surface area contributed by atoms with Gasteiger partial charge in [-0.1, -0.05) is 23.7 Å². The van der Waals surface area contributed by atoms with E-state index in [4.69, 9.17) is 11.6 Å². The smallest absolute Gasteiger partial charge is 0.0931 e. The average molecular weight is 354 g/mol. The van der Waals surface area contributed by atoms with Crippen LogP contribution < -0.4 is 5.32 Å². The van der Waals surface area contributed by atoms with Crippen molar-refractivity contribution < 1.29 is 0 Å². The lowest BCUT2D eigenvalue weighted by atomic mass is 10.1. The zero-order valence-electron chi connectivity index (χ0n) is 11.4. The Bertz CT molecular complexity index is 643. The van der Waals surface area contributed by atoms with Crippen LogP contribution in [-0.2, 0) is 12.8 Å².